The summed E-state index contributed by atoms with van der Waals surface area (Å²) in [7, 11) is 4.55. The largest absolute Gasteiger partial charge is 0.497 e. The molecule has 0 spiro atoms. The van der Waals surface area contributed by atoms with Gasteiger partial charge in [0.05, 0.1) is 45.5 Å². The van der Waals surface area contributed by atoms with Gasteiger partial charge in [0, 0.05) is 30.0 Å². The van der Waals surface area contributed by atoms with Gasteiger partial charge in [0.25, 0.3) is 5.56 Å². The molecule has 1 fully saturated rings. The quantitative estimate of drug-likeness (QED) is 0.611. The lowest BCUT2D eigenvalue weighted by molar-refractivity contribution is 0.0952. The molecule has 2 N–H and O–H groups in total. The first kappa shape index (κ1) is 24.5. The van der Waals surface area contributed by atoms with E-state index in [0.29, 0.717) is 53.7 Å². The molecule has 0 saturated carbocycles. The van der Waals surface area contributed by atoms with Gasteiger partial charge >= 0.3 is 0 Å². The minimum Gasteiger partial charge on any atom is -0.497 e. The van der Waals surface area contributed by atoms with Crippen molar-refractivity contribution in [1.82, 2.24) is 4.57 Å². The van der Waals surface area contributed by atoms with Crippen LogP contribution in [0.4, 0.5) is 0 Å². The number of pyridine rings is 1. The molecular formula is C26H31N3O6. The lowest BCUT2D eigenvalue weighted by atomic mass is 9.83. The summed E-state index contributed by atoms with van der Waals surface area (Å²) in [4.78, 5) is 14.1. The van der Waals surface area contributed by atoms with Gasteiger partial charge in [-0.1, -0.05) is 13.3 Å². The third-order valence-corrected chi connectivity index (χ3v) is 6.51. The smallest absolute Gasteiger partial charge is 0.258 e. The van der Waals surface area contributed by atoms with Crippen LogP contribution in [0.2, 0.25) is 0 Å². The molecule has 4 rings (SSSR count). The SMILES string of the molecule is CCCc1cc2c(c(=O)n1CC1CCCO1)C(c1cc(OC)cc(OC)c1OC)C(C#N)=C(N)O2. The average molecular weight is 482 g/mol. The Kier molecular flexibility index (Phi) is 7.22. The van der Waals surface area contributed by atoms with Gasteiger partial charge < -0.3 is 34.0 Å². The molecule has 186 valence electrons. The Balaban J connectivity index is 2.00. The van der Waals surface area contributed by atoms with Crippen LogP contribution in [-0.2, 0) is 17.7 Å². The molecule has 1 saturated heterocycles. The van der Waals surface area contributed by atoms with Crippen molar-refractivity contribution in [2.24, 2.45) is 5.73 Å². The number of allylic oxidation sites excluding steroid dienone is 1. The van der Waals surface area contributed by atoms with Crippen molar-refractivity contribution < 1.29 is 23.7 Å². The van der Waals surface area contributed by atoms with Crippen LogP contribution < -0.4 is 30.2 Å². The zero-order chi connectivity index (χ0) is 25.1. The average Bonchev–Trinajstić information content (AvgIpc) is 3.38. The molecule has 35 heavy (non-hydrogen) atoms. The van der Waals surface area contributed by atoms with E-state index in [4.69, 9.17) is 29.4 Å². The van der Waals surface area contributed by atoms with E-state index in [1.165, 1.54) is 21.3 Å². The molecule has 2 unspecified atom stereocenters. The van der Waals surface area contributed by atoms with E-state index in [1.54, 1.807) is 16.7 Å². The van der Waals surface area contributed by atoms with E-state index >= 15 is 0 Å². The zero-order valence-corrected chi connectivity index (χ0v) is 20.6. The number of rotatable bonds is 8. The number of hydrogen-bond acceptors (Lipinski definition) is 8. The number of ether oxygens (including phenoxy) is 5. The van der Waals surface area contributed by atoms with Crippen molar-refractivity contribution in [1.29, 1.82) is 5.26 Å². The van der Waals surface area contributed by atoms with E-state index in [-0.39, 0.29) is 23.1 Å². The summed E-state index contributed by atoms with van der Waals surface area (Å²) in [5.74, 6) is 0.743. The zero-order valence-electron chi connectivity index (χ0n) is 20.6. The van der Waals surface area contributed by atoms with E-state index in [9.17, 15) is 10.1 Å². The molecule has 0 radical (unpaired) electrons. The predicted molar refractivity (Wildman–Crippen MR) is 129 cm³/mol. The first-order chi connectivity index (χ1) is 17.0. The monoisotopic (exact) mass is 481 g/mol. The van der Waals surface area contributed by atoms with Gasteiger partial charge in [-0.15, -0.1) is 0 Å². The van der Waals surface area contributed by atoms with Crippen LogP contribution in [0.5, 0.6) is 23.0 Å². The maximum Gasteiger partial charge on any atom is 0.258 e. The number of nitrogens with two attached hydrogens (primary N) is 1. The van der Waals surface area contributed by atoms with Gasteiger partial charge in [0.2, 0.25) is 5.88 Å². The molecule has 2 atom stereocenters. The topological polar surface area (TPSA) is 118 Å². The van der Waals surface area contributed by atoms with Crippen LogP contribution in [0.3, 0.4) is 0 Å². The molecule has 0 aliphatic carbocycles. The van der Waals surface area contributed by atoms with Crippen LogP contribution in [0.15, 0.2) is 34.4 Å². The van der Waals surface area contributed by atoms with Gasteiger partial charge in [-0.3, -0.25) is 4.79 Å². The van der Waals surface area contributed by atoms with Gasteiger partial charge in [-0.05, 0) is 25.3 Å². The molecule has 9 heteroatoms. The second kappa shape index (κ2) is 10.3. The van der Waals surface area contributed by atoms with Crippen LogP contribution >= 0.6 is 0 Å². The number of benzene rings is 1. The van der Waals surface area contributed by atoms with Crippen LogP contribution in [0.25, 0.3) is 0 Å². The summed E-state index contributed by atoms with van der Waals surface area (Å²) in [5.41, 5.74) is 7.78. The van der Waals surface area contributed by atoms with Crippen molar-refractivity contribution in [3.63, 3.8) is 0 Å². The lowest BCUT2D eigenvalue weighted by Crippen LogP contribution is -2.35. The summed E-state index contributed by atoms with van der Waals surface area (Å²) < 4.78 is 30.1. The molecule has 2 aromatic rings. The maximum atomic E-state index is 14.1. The number of aromatic nitrogens is 1. The molecule has 9 nitrogen and oxygen atoms in total. The molecule has 0 bridgehead atoms. The Morgan fingerprint density at radius 2 is 2.00 bits per heavy atom. The minimum atomic E-state index is -0.832. The molecule has 1 aromatic heterocycles. The Labute approximate surface area is 204 Å². The van der Waals surface area contributed by atoms with Crippen LogP contribution in [0, 0.1) is 11.3 Å². The summed E-state index contributed by atoms with van der Waals surface area (Å²) >= 11 is 0. The molecule has 2 aliphatic rings. The van der Waals surface area contributed by atoms with E-state index < -0.39 is 5.92 Å². The fourth-order valence-corrected chi connectivity index (χ4v) is 4.88. The minimum absolute atomic E-state index is 0.0354. The van der Waals surface area contributed by atoms with Gasteiger partial charge in [-0.2, -0.15) is 5.26 Å². The van der Waals surface area contributed by atoms with Crippen LogP contribution in [0.1, 0.15) is 48.9 Å². The molecule has 3 heterocycles. The van der Waals surface area contributed by atoms with Crippen molar-refractivity contribution in [3.8, 4) is 29.1 Å². The number of nitriles is 1. The first-order valence-electron chi connectivity index (χ1n) is 11.7. The number of methoxy groups -OCH3 is 3. The van der Waals surface area contributed by atoms with Gasteiger partial charge in [0.15, 0.2) is 11.5 Å². The highest BCUT2D eigenvalue weighted by Crippen LogP contribution is 2.48. The van der Waals surface area contributed by atoms with Crippen molar-refractivity contribution in [2.75, 3.05) is 27.9 Å². The molecule has 1 aromatic carbocycles. The Morgan fingerprint density at radius 3 is 2.60 bits per heavy atom. The molecule has 2 aliphatic heterocycles. The maximum absolute atomic E-state index is 14.1. The number of aryl methyl sites for hydroxylation is 1. The highest BCUT2D eigenvalue weighted by molar-refractivity contribution is 5.62. The Hall–Kier alpha value is -3.64. The summed E-state index contributed by atoms with van der Waals surface area (Å²) in [5, 5.41) is 10.1. The van der Waals surface area contributed by atoms with E-state index in [2.05, 4.69) is 13.0 Å². The van der Waals surface area contributed by atoms with Gasteiger partial charge in [-0.25, -0.2) is 0 Å². The summed E-state index contributed by atoms with van der Waals surface area (Å²) in [6.45, 7) is 3.19. The normalized spacial score (nSPS) is 19.1. The highest BCUT2D eigenvalue weighted by Gasteiger charge is 2.37. The second-order valence-corrected chi connectivity index (χ2v) is 8.59. The van der Waals surface area contributed by atoms with E-state index in [1.807, 2.05) is 6.07 Å². The molecular weight excluding hydrogens is 450 g/mol. The fourth-order valence-electron chi connectivity index (χ4n) is 4.88. The Morgan fingerprint density at radius 1 is 1.20 bits per heavy atom. The molecule has 0 amide bonds. The number of hydrogen-bond donors (Lipinski definition) is 1. The van der Waals surface area contributed by atoms with Crippen molar-refractivity contribution in [2.45, 2.75) is 51.2 Å². The van der Waals surface area contributed by atoms with E-state index in [0.717, 1.165) is 25.0 Å². The standard InChI is InChI=1S/C26H31N3O6/c1-5-7-15-10-20-23(26(30)29(15)14-16-8-6-9-34-16)22(19(13-27)25(28)35-20)18-11-17(31-2)12-21(32-3)24(18)33-4/h10-12,16,22H,5-9,14,28H2,1-4H3. The summed E-state index contributed by atoms with van der Waals surface area (Å²) in [6.07, 6.45) is 3.37. The second-order valence-electron chi connectivity index (χ2n) is 8.59. The lowest BCUT2D eigenvalue weighted by Gasteiger charge is -2.29. The predicted octanol–water partition coefficient (Wildman–Crippen LogP) is 3.22. The fraction of sp³-hybridized carbons (Fsp3) is 0.462. The highest BCUT2D eigenvalue weighted by atomic mass is 16.5. The summed E-state index contributed by atoms with van der Waals surface area (Å²) in [6, 6.07) is 7.42. The van der Waals surface area contributed by atoms with Crippen molar-refractivity contribution >= 4 is 0 Å². The Bertz CT molecular complexity index is 1240. The third kappa shape index (κ3) is 4.42. The third-order valence-electron chi connectivity index (χ3n) is 6.51. The number of fused-ring (bicyclic) bond motifs is 1. The van der Waals surface area contributed by atoms with Crippen molar-refractivity contribution in [3.05, 3.63) is 56.8 Å². The van der Waals surface area contributed by atoms with Crippen LogP contribution in [-0.4, -0.2) is 38.6 Å². The van der Waals surface area contributed by atoms with Gasteiger partial charge in [0.1, 0.15) is 23.1 Å². The number of nitrogens with zero attached hydrogens (tertiary/aromatic N) is 2. The first-order valence-corrected chi connectivity index (χ1v) is 11.7.